The van der Waals surface area contributed by atoms with Gasteiger partial charge in [-0.05, 0) is 80.5 Å². The van der Waals surface area contributed by atoms with Gasteiger partial charge in [0, 0.05) is 0 Å². The first-order valence-corrected chi connectivity index (χ1v) is 11.6. The Labute approximate surface area is 171 Å². The molecule has 2 fully saturated rings. The van der Waals surface area contributed by atoms with Gasteiger partial charge in [-0.15, -0.1) is 0 Å². The van der Waals surface area contributed by atoms with Gasteiger partial charge in [0.2, 0.25) is 0 Å². The van der Waals surface area contributed by atoms with E-state index in [4.69, 9.17) is 9.47 Å². The van der Waals surface area contributed by atoms with Crippen LogP contribution in [-0.4, -0.2) is 12.6 Å². The topological polar surface area (TPSA) is 35.5 Å². The first-order valence-electron chi connectivity index (χ1n) is 11.6. The van der Waals surface area contributed by atoms with Gasteiger partial charge in [0.15, 0.2) is 0 Å². The highest BCUT2D eigenvalue weighted by atomic mass is 16.5. The highest BCUT2D eigenvalue weighted by Crippen LogP contribution is 2.46. The molecule has 0 saturated heterocycles. The molecule has 156 valence electrons. The maximum absolute atomic E-state index is 12.7. The van der Waals surface area contributed by atoms with Crippen LogP contribution in [0.1, 0.15) is 84.5 Å². The second-order valence-corrected chi connectivity index (χ2v) is 8.95. The van der Waals surface area contributed by atoms with Crippen LogP contribution in [0.15, 0.2) is 24.3 Å². The van der Waals surface area contributed by atoms with E-state index in [2.05, 4.69) is 13.8 Å². The Kier molecular flexibility index (Phi) is 8.24. The summed E-state index contributed by atoms with van der Waals surface area (Å²) < 4.78 is 11.3. The maximum Gasteiger partial charge on any atom is 0.314 e. The summed E-state index contributed by atoms with van der Waals surface area (Å²) in [5.41, 5.74) is 0. The van der Waals surface area contributed by atoms with E-state index in [1.807, 2.05) is 24.3 Å². The second kappa shape index (κ2) is 10.9. The SMILES string of the molecule is CCCCCC1CCC2C[C@H](C(=O)Oc3ccc(OCCC)cc3)CC[C@@H]2C1. The molecular weight excluding hydrogens is 348 g/mol. The van der Waals surface area contributed by atoms with Gasteiger partial charge >= 0.3 is 5.97 Å². The zero-order valence-electron chi connectivity index (χ0n) is 17.8. The smallest absolute Gasteiger partial charge is 0.314 e. The molecule has 0 bridgehead atoms. The highest BCUT2D eigenvalue weighted by molar-refractivity contribution is 5.75. The van der Waals surface area contributed by atoms with Crippen molar-refractivity contribution in [1.29, 1.82) is 0 Å². The summed E-state index contributed by atoms with van der Waals surface area (Å²) in [6, 6.07) is 7.45. The monoisotopic (exact) mass is 386 g/mol. The highest BCUT2D eigenvalue weighted by Gasteiger charge is 2.38. The van der Waals surface area contributed by atoms with E-state index >= 15 is 0 Å². The molecule has 28 heavy (non-hydrogen) atoms. The minimum absolute atomic E-state index is 0.0363. The number of carbonyl (C=O) groups excluding carboxylic acids is 1. The van der Waals surface area contributed by atoms with Gasteiger partial charge in [-0.2, -0.15) is 0 Å². The summed E-state index contributed by atoms with van der Waals surface area (Å²) in [6.07, 6.45) is 13.8. The Morgan fingerprint density at radius 3 is 2.36 bits per heavy atom. The van der Waals surface area contributed by atoms with Crippen LogP contribution < -0.4 is 9.47 Å². The number of esters is 1. The maximum atomic E-state index is 12.7. The van der Waals surface area contributed by atoms with Crippen molar-refractivity contribution in [1.82, 2.24) is 0 Å². The third-order valence-corrected chi connectivity index (χ3v) is 6.79. The van der Waals surface area contributed by atoms with Crippen molar-refractivity contribution < 1.29 is 14.3 Å². The molecule has 2 unspecified atom stereocenters. The Bertz CT molecular complexity index is 594. The van der Waals surface area contributed by atoms with Crippen LogP contribution in [0.4, 0.5) is 0 Å². The number of benzene rings is 1. The van der Waals surface area contributed by atoms with Crippen molar-refractivity contribution in [2.24, 2.45) is 23.7 Å². The normalized spacial score (nSPS) is 27.1. The van der Waals surface area contributed by atoms with Gasteiger partial charge < -0.3 is 9.47 Å². The average Bonchev–Trinajstić information content (AvgIpc) is 2.73. The molecule has 2 saturated carbocycles. The Hall–Kier alpha value is -1.51. The van der Waals surface area contributed by atoms with Crippen molar-refractivity contribution in [3.63, 3.8) is 0 Å². The van der Waals surface area contributed by atoms with Gasteiger partial charge in [0.05, 0.1) is 12.5 Å². The van der Waals surface area contributed by atoms with Crippen LogP contribution in [0.25, 0.3) is 0 Å². The van der Waals surface area contributed by atoms with Crippen LogP contribution in [-0.2, 0) is 4.79 Å². The fourth-order valence-corrected chi connectivity index (χ4v) is 5.17. The van der Waals surface area contributed by atoms with Crippen molar-refractivity contribution in [3.05, 3.63) is 24.3 Å². The molecule has 1 aromatic carbocycles. The summed E-state index contributed by atoms with van der Waals surface area (Å²) in [5, 5.41) is 0. The van der Waals surface area contributed by atoms with Crippen molar-refractivity contribution >= 4 is 5.97 Å². The standard InChI is InChI=1S/C25H38O3/c1-3-5-6-7-19-8-9-21-18-22(11-10-20(21)17-19)25(26)28-24-14-12-23(13-15-24)27-16-4-2/h12-15,19-22H,3-11,16-18H2,1-2H3/t19?,20-,21?,22-/m1/s1. The zero-order chi connectivity index (χ0) is 19.8. The molecule has 0 aliphatic heterocycles. The Balaban J connectivity index is 1.44. The third kappa shape index (κ3) is 5.99. The minimum atomic E-state index is -0.0363. The molecule has 2 aliphatic carbocycles. The van der Waals surface area contributed by atoms with Gasteiger partial charge in [-0.25, -0.2) is 0 Å². The molecule has 3 heteroatoms. The van der Waals surface area contributed by atoms with E-state index in [-0.39, 0.29) is 11.9 Å². The van der Waals surface area contributed by atoms with E-state index in [1.54, 1.807) is 0 Å². The van der Waals surface area contributed by atoms with E-state index in [0.29, 0.717) is 12.4 Å². The quantitative estimate of drug-likeness (QED) is 0.266. The lowest BCUT2D eigenvalue weighted by atomic mass is 9.64. The molecule has 0 radical (unpaired) electrons. The van der Waals surface area contributed by atoms with Crippen LogP contribution >= 0.6 is 0 Å². The molecule has 1 aromatic rings. The first kappa shape index (κ1) is 21.2. The number of unbranched alkanes of at least 4 members (excludes halogenated alkanes) is 2. The molecule has 0 aromatic heterocycles. The van der Waals surface area contributed by atoms with Gasteiger partial charge in [-0.3, -0.25) is 4.79 Å². The predicted molar refractivity (Wildman–Crippen MR) is 114 cm³/mol. The fraction of sp³-hybridized carbons (Fsp3) is 0.720. The number of hydrogen-bond acceptors (Lipinski definition) is 3. The molecule has 3 rings (SSSR count). The molecular formula is C25H38O3. The van der Waals surface area contributed by atoms with E-state index in [0.717, 1.165) is 42.8 Å². The Morgan fingerprint density at radius 1 is 0.893 bits per heavy atom. The van der Waals surface area contributed by atoms with Crippen LogP contribution in [0.3, 0.4) is 0 Å². The molecule has 4 atom stereocenters. The fourth-order valence-electron chi connectivity index (χ4n) is 5.17. The van der Waals surface area contributed by atoms with Gasteiger partial charge in [0.25, 0.3) is 0 Å². The van der Waals surface area contributed by atoms with E-state index in [9.17, 15) is 4.79 Å². The molecule has 0 N–H and O–H groups in total. The number of fused-ring (bicyclic) bond motifs is 1. The summed E-state index contributed by atoms with van der Waals surface area (Å²) in [5.74, 6) is 4.02. The lowest BCUT2D eigenvalue weighted by Crippen LogP contribution is -2.35. The van der Waals surface area contributed by atoms with E-state index in [1.165, 1.54) is 51.4 Å². The number of ether oxygens (including phenoxy) is 2. The minimum Gasteiger partial charge on any atom is -0.494 e. The van der Waals surface area contributed by atoms with Gasteiger partial charge in [-0.1, -0.05) is 46.0 Å². The van der Waals surface area contributed by atoms with Crippen LogP contribution in [0.2, 0.25) is 0 Å². The number of hydrogen-bond donors (Lipinski definition) is 0. The number of carbonyl (C=O) groups is 1. The molecule has 0 heterocycles. The number of rotatable bonds is 9. The molecule has 0 amide bonds. The second-order valence-electron chi connectivity index (χ2n) is 8.95. The predicted octanol–water partition coefficient (Wildman–Crippen LogP) is 6.79. The summed E-state index contributed by atoms with van der Waals surface area (Å²) >= 11 is 0. The molecule has 0 spiro atoms. The van der Waals surface area contributed by atoms with Gasteiger partial charge in [0.1, 0.15) is 11.5 Å². The molecule has 3 nitrogen and oxygen atoms in total. The van der Waals surface area contributed by atoms with Crippen molar-refractivity contribution in [2.75, 3.05) is 6.61 Å². The summed E-state index contributed by atoms with van der Waals surface area (Å²) in [6.45, 7) is 5.08. The van der Waals surface area contributed by atoms with Crippen LogP contribution in [0.5, 0.6) is 11.5 Å². The average molecular weight is 387 g/mol. The zero-order valence-corrected chi connectivity index (χ0v) is 17.8. The van der Waals surface area contributed by atoms with Crippen molar-refractivity contribution in [2.45, 2.75) is 84.5 Å². The third-order valence-electron chi connectivity index (χ3n) is 6.79. The van der Waals surface area contributed by atoms with Crippen LogP contribution in [0, 0.1) is 23.7 Å². The summed E-state index contributed by atoms with van der Waals surface area (Å²) in [7, 11) is 0. The van der Waals surface area contributed by atoms with Crippen molar-refractivity contribution in [3.8, 4) is 11.5 Å². The first-order chi connectivity index (χ1) is 13.7. The lowest BCUT2D eigenvalue weighted by molar-refractivity contribution is -0.141. The lowest BCUT2D eigenvalue weighted by Gasteiger charge is -2.41. The largest absolute Gasteiger partial charge is 0.494 e. The molecule has 2 aliphatic rings. The Morgan fingerprint density at radius 2 is 1.61 bits per heavy atom. The summed E-state index contributed by atoms with van der Waals surface area (Å²) in [4.78, 5) is 12.7. The van der Waals surface area contributed by atoms with E-state index < -0.39 is 0 Å².